The highest BCUT2D eigenvalue weighted by Gasteiger charge is 2.34. The van der Waals surface area contributed by atoms with Gasteiger partial charge >= 0.3 is 0 Å². The van der Waals surface area contributed by atoms with Crippen LogP contribution in [0.25, 0.3) is 0 Å². The van der Waals surface area contributed by atoms with Gasteiger partial charge in [-0.25, -0.2) is 0 Å². The molecule has 1 aromatic heterocycles. The van der Waals surface area contributed by atoms with Gasteiger partial charge in [0.2, 0.25) is 5.91 Å². The highest BCUT2D eigenvalue weighted by Crippen LogP contribution is 2.45. The first-order valence-electron chi connectivity index (χ1n) is 9.57. The number of hydrogen-bond donors (Lipinski definition) is 1. The number of nitrogens with zero attached hydrogens (tertiary/aromatic N) is 1. The van der Waals surface area contributed by atoms with Crippen LogP contribution in [0.4, 0.5) is 5.00 Å². The Morgan fingerprint density at radius 2 is 2.11 bits per heavy atom. The number of carbonyl (C=O) groups excluding carboxylic acids is 1. The largest absolute Gasteiger partial charge is 0.316 e. The molecule has 1 heterocycles. The molecule has 0 radical (unpaired) electrons. The van der Waals surface area contributed by atoms with E-state index in [1.807, 2.05) is 24.3 Å². The lowest BCUT2D eigenvalue weighted by atomic mass is 9.69. The van der Waals surface area contributed by atoms with E-state index in [1.54, 1.807) is 11.3 Å². The Bertz CT molecular complexity index is 896. The van der Waals surface area contributed by atoms with Crippen molar-refractivity contribution in [2.24, 2.45) is 11.3 Å². The molecule has 1 N–H and O–H groups in total. The van der Waals surface area contributed by atoms with Gasteiger partial charge in [-0.1, -0.05) is 38.8 Å². The zero-order valence-electron chi connectivity index (χ0n) is 16.5. The fraction of sp³-hybridized carbons (Fsp3) is 0.455. The maximum Gasteiger partial charge on any atom is 0.235 e. The van der Waals surface area contributed by atoms with E-state index in [9.17, 15) is 10.1 Å². The van der Waals surface area contributed by atoms with Crippen molar-refractivity contribution in [1.82, 2.24) is 0 Å². The molecule has 0 aliphatic heterocycles. The molecular weight excluding hydrogens is 408 g/mol. The summed E-state index contributed by atoms with van der Waals surface area (Å²) < 4.78 is 0. The smallest absolute Gasteiger partial charge is 0.235 e. The quantitative estimate of drug-likeness (QED) is 0.527. The molecule has 1 amide bonds. The maximum atomic E-state index is 12.4. The van der Waals surface area contributed by atoms with E-state index < -0.39 is 0 Å². The molecule has 0 saturated carbocycles. The van der Waals surface area contributed by atoms with Gasteiger partial charge in [0, 0.05) is 14.8 Å². The molecule has 148 valence electrons. The third-order valence-electron chi connectivity index (χ3n) is 5.83. The minimum absolute atomic E-state index is 0.0829. The molecule has 3 nitrogen and oxygen atoms in total. The molecule has 28 heavy (non-hydrogen) atoms. The van der Waals surface area contributed by atoms with Crippen LogP contribution in [-0.2, 0) is 17.6 Å². The summed E-state index contributed by atoms with van der Waals surface area (Å²) in [5.41, 5.74) is 2.11. The van der Waals surface area contributed by atoms with Gasteiger partial charge < -0.3 is 5.32 Å². The first-order chi connectivity index (χ1) is 13.3. The van der Waals surface area contributed by atoms with Crippen LogP contribution in [0.15, 0.2) is 29.2 Å². The Labute approximate surface area is 180 Å². The van der Waals surface area contributed by atoms with Gasteiger partial charge in [-0.3, -0.25) is 4.79 Å². The molecule has 0 spiro atoms. The van der Waals surface area contributed by atoms with Crippen molar-refractivity contribution in [2.75, 3.05) is 11.1 Å². The van der Waals surface area contributed by atoms with Crippen LogP contribution in [0, 0.1) is 22.7 Å². The van der Waals surface area contributed by atoms with Crippen molar-refractivity contribution in [2.45, 2.75) is 51.3 Å². The molecule has 1 aliphatic rings. The average Bonchev–Trinajstić information content (AvgIpc) is 3.03. The molecule has 0 fully saturated rings. The summed E-state index contributed by atoms with van der Waals surface area (Å²) in [5, 5.41) is 14.0. The molecule has 1 aromatic carbocycles. The van der Waals surface area contributed by atoms with Gasteiger partial charge in [0.05, 0.1) is 11.3 Å². The van der Waals surface area contributed by atoms with E-state index in [2.05, 4.69) is 32.2 Å². The van der Waals surface area contributed by atoms with Crippen LogP contribution in [0.2, 0.25) is 5.02 Å². The molecule has 6 heteroatoms. The lowest BCUT2D eigenvalue weighted by molar-refractivity contribution is -0.113. The van der Waals surface area contributed by atoms with Crippen molar-refractivity contribution in [3.63, 3.8) is 0 Å². The van der Waals surface area contributed by atoms with Crippen molar-refractivity contribution in [1.29, 1.82) is 5.26 Å². The Morgan fingerprint density at radius 3 is 2.75 bits per heavy atom. The molecule has 0 bridgehead atoms. The molecule has 0 unspecified atom stereocenters. The van der Waals surface area contributed by atoms with E-state index in [1.165, 1.54) is 16.6 Å². The minimum Gasteiger partial charge on any atom is -0.316 e. The van der Waals surface area contributed by atoms with Gasteiger partial charge in [-0.15, -0.1) is 23.1 Å². The number of anilines is 1. The van der Waals surface area contributed by atoms with Gasteiger partial charge in [0.25, 0.3) is 0 Å². The normalized spacial score (nSPS) is 16.3. The summed E-state index contributed by atoms with van der Waals surface area (Å²) >= 11 is 8.94. The minimum atomic E-state index is -0.0829. The van der Waals surface area contributed by atoms with Crippen LogP contribution < -0.4 is 5.32 Å². The first kappa shape index (κ1) is 21.2. The monoisotopic (exact) mass is 432 g/mol. The molecule has 0 saturated heterocycles. The van der Waals surface area contributed by atoms with Gasteiger partial charge in [-0.2, -0.15) is 5.26 Å². The van der Waals surface area contributed by atoms with Crippen molar-refractivity contribution in [3.8, 4) is 6.07 Å². The second-order valence-corrected chi connectivity index (χ2v) is 10.5. The lowest BCUT2D eigenvalue weighted by Crippen LogP contribution is -2.28. The Morgan fingerprint density at radius 1 is 1.39 bits per heavy atom. The lowest BCUT2D eigenvalue weighted by Gasteiger charge is -2.36. The summed E-state index contributed by atoms with van der Waals surface area (Å²) in [6, 6.07) is 9.77. The number of carbonyl (C=O) groups is 1. The van der Waals surface area contributed by atoms with Gasteiger partial charge in [-0.05, 0) is 60.4 Å². The Balaban J connectivity index is 1.69. The number of halogens is 1. The van der Waals surface area contributed by atoms with E-state index in [-0.39, 0.29) is 5.91 Å². The molecule has 2 aromatic rings. The first-order valence-corrected chi connectivity index (χ1v) is 11.7. The fourth-order valence-electron chi connectivity index (χ4n) is 3.59. The Kier molecular flexibility index (Phi) is 6.75. The number of thioether (sulfide) groups is 1. The standard InChI is InChI=1S/C22H25ClN2OS2/c1-4-22(2,3)14-5-10-17-18(12-24)21(28-19(17)11-14)25-20(26)13-27-16-8-6-15(23)7-9-16/h6-9,14H,4-5,10-11,13H2,1-3H3,(H,25,26)/t14-/m1/s1. The Hall–Kier alpha value is -1.48. The predicted octanol–water partition coefficient (Wildman–Crippen LogP) is 6.55. The van der Waals surface area contributed by atoms with Crippen LogP contribution in [0.1, 0.15) is 49.6 Å². The number of nitrogens with one attached hydrogen (secondary N) is 1. The summed E-state index contributed by atoms with van der Waals surface area (Å²) in [4.78, 5) is 14.7. The summed E-state index contributed by atoms with van der Waals surface area (Å²) in [7, 11) is 0. The zero-order valence-corrected chi connectivity index (χ0v) is 18.9. The van der Waals surface area contributed by atoms with Crippen LogP contribution >= 0.6 is 34.7 Å². The predicted molar refractivity (Wildman–Crippen MR) is 119 cm³/mol. The number of nitriles is 1. The third-order valence-corrected chi connectivity index (χ3v) is 8.26. The van der Waals surface area contributed by atoms with Crippen molar-refractivity contribution in [3.05, 3.63) is 45.3 Å². The SMILES string of the molecule is CCC(C)(C)[C@@H]1CCc2c(sc(NC(=O)CSc3ccc(Cl)cc3)c2C#N)C1. The number of amides is 1. The summed E-state index contributed by atoms with van der Waals surface area (Å²) in [6.45, 7) is 6.91. The van der Waals surface area contributed by atoms with E-state index >= 15 is 0 Å². The van der Waals surface area contributed by atoms with Crippen LogP contribution in [-0.4, -0.2) is 11.7 Å². The second-order valence-electron chi connectivity index (χ2n) is 7.89. The number of thiophene rings is 1. The van der Waals surface area contributed by atoms with E-state index in [0.717, 1.165) is 36.1 Å². The number of rotatable bonds is 6. The summed E-state index contributed by atoms with van der Waals surface area (Å²) in [5.74, 6) is 0.847. The zero-order chi connectivity index (χ0) is 20.3. The van der Waals surface area contributed by atoms with E-state index in [4.69, 9.17) is 11.6 Å². The fourth-order valence-corrected chi connectivity index (χ4v) is 5.71. The highest BCUT2D eigenvalue weighted by molar-refractivity contribution is 8.00. The molecular formula is C22H25ClN2OS2. The van der Waals surface area contributed by atoms with Crippen LogP contribution in [0.3, 0.4) is 0 Å². The van der Waals surface area contributed by atoms with Crippen molar-refractivity contribution >= 4 is 45.6 Å². The topological polar surface area (TPSA) is 52.9 Å². The number of fused-ring (bicyclic) bond motifs is 1. The summed E-state index contributed by atoms with van der Waals surface area (Å²) in [6.07, 6.45) is 4.19. The van der Waals surface area contributed by atoms with Crippen molar-refractivity contribution < 1.29 is 4.79 Å². The molecule has 1 atom stereocenters. The maximum absolute atomic E-state index is 12.4. The van der Waals surface area contributed by atoms with Gasteiger partial charge in [0.15, 0.2) is 0 Å². The molecule has 3 rings (SSSR count). The number of benzene rings is 1. The van der Waals surface area contributed by atoms with Crippen LogP contribution in [0.5, 0.6) is 0 Å². The van der Waals surface area contributed by atoms with E-state index in [0.29, 0.717) is 32.7 Å². The molecule has 1 aliphatic carbocycles. The second kappa shape index (κ2) is 8.90. The number of hydrogen-bond acceptors (Lipinski definition) is 4. The third kappa shape index (κ3) is 4.74. The highest BCUT2D eigenvalue weighted by atomic mass is 35.5. The average molecular weight is 433 g/mol. The van der Waals surface area contributed by atoms with Gasteiger partial charge in [0.1, 0.15) is 11.1 Å².